The lowest BCUT2D eigenvalue weighted by Crippen LogP contribution is -2.31. The summed E-state index contributed by atoms with van der Waals surface area (Å²) >= 11 is 0. The van der Waals surface area contributed by atoms with Crippen molar-refractivity contribution in [3.63, 3.8) is 0 Å². The van der Waals surface area contributed by atoms with Crippen LogP contribution in [-0.2, 0) is 11.3 Å². The molecular weight excluding hydrogens is 370 g/mol. The standard InChI is InChI=1S/C21H19N5O3/c1-14-23-25(13-20(27)22-16-8-10-17(29-2)11-9-16)21(28)19-12-18(24-26(14)19)15-6-4-3-5-7-15/h3-12H,13H2,1-2H3,(H,22,27). The molecule has 1 amide bonds. The zero-order valence-corrected chi connectivity index (χ0v) is 16.0. The van der Waals surface area contributed by atoms with Crippen molar-refractivity contribution in [2.45, 2.75) is 13.5 Å². The molecule has 0 aliphatic rings. The first kappa shape index (κ1) is 18.4. The first-order chi connectivity index (χ1) is 14.0. The smallest absolute Gasteiger partial charge is 0.293 e. The van der Waals surface area contributed by atoms with Gasteiger partial charge in [0.25, 0.3) is 5.56 Å². The van der Waals surface area contributed by atoms with Crippen molar-refractivity contribution in [2.75, 3.05) is 12.4 Å². The van der Waals surface area contributed by atoms with Crippen LogP contribution in [0.2, 0.25) is 0 Å². The number of rotatable bonds is 5. The molecule has 0 spiro atoms. The molecule has 4 aromatic rings. The van der Waals surface area contributed by atoms with Gasteiger partial charge in [0.2, 0.25) is 5.91 Å². The third-order valence-electron chi connectivity index (χ3n) is 4.47. The van der Waals surface area contributed by atoms with E-state index in [9.17, 15) is 9.59 Å². The third-order valence-corrected chi connectivity index (χ3v) is 4.47. The monoisotopic (exact) mass is 389 g/mol. The predicted molar refractivity (Wildman–Crippen MR) is 109 cm³/mol. The molecule has 0 unspecified atom stereocenters. The highest BCUT2D eigenvalue weighted by atomic mass is 16.5. The highest BCUT2D eigenvalue weighted by Crippen LogP contribution is 2.18. The van der Waals surface area contributed by atoms with Gasteiger partial charge in [0.05, 0.1) is 12.8 Å². The topological polar surface area (TPSA) is 90.5 Å². The molecule has 0 saturated heterocycles. The van der Waals surface area contributed by atoms with Gasteiger partial charge < -0.3 is 10.1 Å². The van der Waals surface area contributed by atoms with Crippen molar-refractivity contribution >= 4 is 17.1 Å². The number of carbonyl (C=O) groups excluding carboxylic acids is 1. The van der Waals surface area contributed by atoms with E-state index in [-0.39, 0.29) is 18.0 Å². The Morgan fingerprint density at radius 2 is 1.79 bits per heavy atom. The van der Waals surface area contributed by atoms with Gasteiger partial charge in [-0.25, -0.2) is 9.20 Å². The average Bonchev–Trinajstić information content (AvgIpc) is 3.19. The van der Waals surface area contributed by atoms with E-state index in [4.69, 9.17) is 4.74 Å². The van der Waals surface area contributed by atoms with Gasteiger partial charge in [-0.05, 0) is 37.3 Å². The second-order valence-corrected chi connectivity index (χ2v) is 6.48. The minimum atomic E-state index is -0.379. The van der Waals surface area contributed by atoms with Crippen LogP contribution in [0.4, 0.5) is 5.69 Å². The maximum absolute atomic E-state index is 12.8. The molecule has 2 heterocycles. The Balaban J connectivity index is 1.61. The van der Waals surface area contributed by atoms with E-state index in [1.807, 2.05) is 30.3 Å². The van der Waals surface area contributed by atoms with Crippen molar-refractivity contribution in [3.05, 3.63) is 76.8 Å². The van der Waals surface area contributed by atoms with Gasteiger partial charge in [0, 0.05) is 11.3 Å². The maximum Gasteiger partial charge on any atom is 0.293 e. The summed E-state index contributed by atoms with van der Waals surface area (Å²) in [5.41, 5.74) is 2.17. The molecule has 0 radical (unpaired) electrons. The highest BCUT2D eigenvalue weighted by Gasteiger charge is 2.14. The molecule has 4 rings (SSSR count). The van der Waals surface area contributed by atoms with Crippen molar-refractivity contribution in [1.29, 1.82) is 0 Å². The molecule has 8 nitrogen and oxygen atoms in total. The normalized spacial score (nSPS) is 10.8. The van der Waals surface area contributed by atoms with Gasteiger partial charge >= 0.3 is 0 Å². The zero-order valence-electron chi connectivity index (χ0n) is 16.0. The second kappa shape index (κ2) is 7.59. The van der Waals surface area contributed by atoms with Crippen LogP contribution >= 0.6 is 0 Å². The van der Waals surface area contributed by atoms with Crippen LogP contribution in [0.1, 0.15) is 5.82 Å². The molecule has 0 atom stereocenters. The van der Waals surface area contributed by atoms with Crippen molar-refractivity contribution < 1.29 is 9.53 Å². The summed E-state index contributed by atoms with van der Waals surface area (Å²) in [6.07, 6.45) is 0. The number of aryl methyl sites for hydroxylation is 1. The van der Waals surface area contributed by atoms with Gasteiger partial charge in [0.15, 0.2) is 0 Å². The van der Waals surface area contributed by atoms with Gasteiger partial charge in [-0.2, -0.15) is 10.2 Å². The molecule has 8 heteroatoms. The molecule has 0 aliphatic carbocycles. The fourth-order valence-corrected chi connectivity index (χ4v) is 3.04. The lowest BCUT2D eigenvalue weighted by molar-refractivity contribution is -0.117. The Hall–Kier alpha value is -3.94. The summed E-state index contributed by atoms with van der Waals surface area (Å²) in [4.78, 5) is 25.2. The predicted octanol–water partition coefficient (Wildman–Crippen LogP) is 2.51. The summed E-state index contributed by atoms with van der Waals surface area (Å²) in [5.74, 6) is 0.854. The zero-order chi connectivity index (χ0) is 20.4. The Morgan fingerprint density at radius 3 is 2.48 bits per heavy atom. The quantitative estimate of drug-likeness (QED) is 0.566. The molecule has 0 fully saturated rings. The summed E-state index contributed by atoms with van der Waals surface area (Å²) in [6.45, 7) is 1.54. The largest absolute Gasteiger partial charge is 0.497 e. The minimum absolute atomic E-state index is 0.200. The van der Waals surface area contributed by atoms with E-state index >= 15 is 0 Å². The second-order valence-electron chi connectivity index (χ2n) is 6.48. The summed E-state index contributed by atoms with van der Waals surface area (Å²) < 4.78 is 7.75. The van der Waals surface area contributed by atoms with Crippen LogP contribution in [0, 0.1) is 6.92 Å². The molecule has 0 aliphatic heterocycles. The van der Waals surface area contributed by atoms with E-state index in [1.54, 1.807) is 44.4 Å². The number of amides is 1. The first-order valence-corrected chi connectivity index (χ1v) is 9.02. The number of nitrogens with one attached hydrogen (secondary N) is 1. The number of ether oxygens (including phenoxy) is 1. The number of benzene rings is 2. The Kier molecular flexibility index (Phi) is 4.82. The number of nitrogens with zero attached hydrogens (tertiary/aromatic N) is 4. The van der Waals surface area contributed by atoms with Gasteiger partial charge in [-0.15, -0.1) is 0 Å². The molecule has 2 aromatic heterocycles. The Bertz CT molecular complexity index is 1230. The summed E-state index contributed by atoms with van der Waals surface area (Å²) in [5, 5.41) is 11.5. The maximum atomic E-state index is 12.8. The van der Waals surface area contributed by atoms with Crippen LogP contribution in [0.5, 0.6) is 5.75 Å². The van der Waals surface area contributed by atoms with E-state index in [0.717, 1.165) is 10.2 Å². The number of aromatic nitrogens is 4. The van der Waals surface area contributed by atoms with Crippen molar-refractivity contribution in [1.82, 2.24) is 19.4 Å². The average molecular weight is 389 g/mol. The van der Waals surface area contributed by atoms with Crippen LogP contribution in [-0.4, -0.2) is 32.4 Å². The van der Waals surface area contributed by atoms with Crippen LogP contribution in [0.25, 0.3) is 16.8 Å². The number of fused-ring (bicyclic) bond motifs is 1. The van der Waals surface area contributed by atoms with Crippen molar-refractivity contribution in [3.8, 4) is 17.0 Å². The fourth-order valence-electron chi connectivity index (χ4n) is 3.04. The molecule has 1 N–H and O–H groups in total. The lowest BCUT2D eigenvalue weighted by Gasteiger charge is -2.08. The molecular formula is C21H19N5O3. The molecule has 0 saturated carbocycles. The fraction of sp³-hybridized carbons (Fsp3) is 0.143. The number of hydrogen-bond donors (Lipinski definition) is 1. The summed E-state index contributed by atoms with van der Waals surface area (Å²) in [7, 11) is 1.57. The molecule has 0 bridgehead atoms. The molecule has 146 valence electrons. The Labute approximate surface area is 166 Å². The lowest BCUT2D eigenvalue weighted by atomic mass is 10.1. The number of methoxy groups -OCH3 is 1. The molecule has 29 heavy (non-hydrogen) atoms. The van der Waals surface area contributed by atoms with Crippen LogP contribution in [0.15, 0.2) is 65.5 Å². The van der Waals surface area contributed by atoms with E-state index in [0.29, 0.717) is 28.5 Å². The minimum Gasteiger partial charge on any atom is -0.497 e. The third kappa shape index (κ3) is 3.73. The van der Waals surface area contributed by atoms with Gasteiger partial charge in [-0.1, -0.05) is 30.3 Å². The highest BCUT2D eigenvalue weighted by molar-refractivity contribution is 5.90. The SMILES string of the molecule is COc1ccc(NC(=O)Cn2nc(C)n3nc(-c4ccccc4)cc3c2=O)cc1. The number of hydrogen-bond acceptors (Lipinski definition) is 5. The first-order valence-electron chi connectivity index (χ1n) is 9.02. The van der Waals surface area contributed by atoms with Crippen LogP contribution < -0.4 is 15.6 Å². The van der Waals surface area contributed by atoms with Crippen molar-refractivity contribution in [2.24, 2.45) is 0 Å². The van der Waals surface area contributed by atoms with Crippen LogP contribution in [0.3, 0.4) is 0 Å². The van der Waals surface area contributed by atoms with E-state index in [1.165, 1.54) is 4.52 Å². The number of anilines is 1. The van der Waals surface area contributed by atoms with E-state index in [2.05, 4.69) is 15.5 Å². The van der Waals surface area contributed by atoms with Gasteiger partial charge in [-0.3, -0.25) is 9.59 Å². The number of carbonyl (C=O) groups is 1. The van der Waals surface area contributed by atoms with Gasteiger partial charge in [0.1, 0.15) is 23.6 Å². The molecule has 2 aromatic carbocycles. The summed E-state index contributed by atoms with van der Waals surface area (Å²) in [6, 6.07) is 18.2. The Morgan fingerprint density at radius 1 is 1.07 bits per heavy atom. The van der Waals surface area contributed by atoms with E-state index < -0.39 is 0 Å².